The highest BCUT2D eigenvalue weighted by Gasteiger charge is 2.53. The monoisotopic (exact) mass is 576 g/mol. The van der Waals surface area contributed by atoms with Gasteiger partial charge in [-0.1, -0.05) is 12.1 Å². The van der Waals surface area contributed by atoms with Crippen LogP contribution in [-0.2, 0) is 49.3 Å². The zero-order valence-corrected chi connectivity index (χ0v) is 22.7. The molecule has 1 aliphatic heterocycles. The lowest BCUT2D eigenvalue weighted by Crippen LogP contribution is -2.63. The Labute approximate surface area is 234 Å². The SMILES string of the molecule is CC(=O)OC[C@@H]1O[C@H](Oc2ccc(C(=O)Cc3ccc(F)cc3)c(O)c2)[C@H](OC(C)=O)[C@H](OC(C)=O)[C@@H]1OC(C)=O. The second-order valence-electron chi connectivity index (χ2n) is 9.09. The lowest BCUT2D eigenvalue weighted by Gasteiger charge is -2.43. The smallest absolute Gasteiger partial charge is 0.303 e. The highest BCUT2D eigenvalue weighted by Crippen LogP contribution is 2.33. The van der Waals surface area contributed by atoms with Gasteiger partial charge in [0.15, 0.2) is 18.0 Å². The fourth-order valence-electron chi connectivity index (χ4n) is 4.12. The summed E-state index contributed by atoms with van der Waals surface area (Å²) in [7, 11) is 0. The van der Waals surface area contributed by atoms with Gasteiger partial charge in [-0.15, -0.1) is 0 Å². The Hall–Kier alpha value is -4.52. The van der Waals surface area contributed by atoms with E-state index in [9.17, 15) is 33.5 Å². The molecule has 0 aromatic heterocycles. The molecule has 1 aliphatic rings. The molecule has 1 N–H and O–H groups in total. The van der Waals surface area contributed by atoms with Crippen LogP contribution < -0.4 is 4.74 Å². The first-order valence-corrected chi connectivity index (χ1v) is 12.4. The maximum Gasteiger partial charge on any atom is 0.303 e. The number of esters is 4. The van der Waals surface area contributed by atoms with Crippen LogP contribution in [0.3, 0.4) is 0 Å². The molecule has 0 saturated carbocycles. The molecule has 13 heteroatoms. The number of hydrogen-bond donors (Lipinski definition) is 1. The molecule has 2 aromatic rings. The van der Waals surface area contributed by atoms with E-state index in [0.717, 1.165) is 33.8 Å². The molecule has 0 aliphatic carbocycles. The van der Waals surface area contributed by atoms with Gasteiger partial charge in [-0.3, -0.25) is 24.0 Å². The second kappa shape index (κ2) is 13.7. The first kappa shape index (κ1) is 31.0. The predicted octanol–water partition coefficient (Wildman–Crippen LogP) is 2.42. The van der Waals surface area contributed by atoms with Crippen molar-refractivity contribution in [1.29, 1.82) is 0 Å². The molecule has 0 amide bonds. The summed E-state index contributed by atoms with van der Waals surface area (Å²) in [5, 5.41) is 10.6. The molecule has 0 bridgehead atoms. The number of aromatic hydroxyl groups is 1. The molecule has 1 heterocycles. The van der Waals surface area contributed by atoms with Crippen LogP contribution in [0.2, 0.25) is 0 Å². The van der Waals surface area contributed by atoms with Crippen molar-refractivity contribution in [2.75, 3.05) is 6.61 Å². The van der Waals surface area contributed by atoms with Crippen LogP contribution in [-0.4, -0.2) is 72.1 Å². The number of carbonyl (C=O) groups is 5. The molecular weight excluding hydrogens is 547 g/mol. The fraction of sp³-hybridized carbons (Fsp3) is 0.393. The average molecular weight is 577 g/mol. The molecule has 3 rings (SSSR count). The minimum atomic E-state index is -1.52. The van der Waals surface area contributed by atoms with E-state index in [1.807, 2.05) is 0 Å². The minimum absolute atomic E-state index is 0.0387. The number of benzene rings is 2. The standard InChI is InChI=1S/C28H29FO12/c1-14(30)36-13-24-25(37-15(2)31)26(38-16(3)32)27(39-17(4)33)28(41-24)40-20-9-10-21(23(35)12-20)22(34)11-18-5-7-19(29)8-6-18/h5-10,12,24-28,35H,11,13H2,1-4H3/t24-,25+,26+,27+,28-/m0/s1. The van der Waals surface area contributed by atoms with E-state index in [0.29, 0.717) is 5.56 Å². The molecule has 0 radical (unpaired) electrons. The fourth-order valence-corrected chi connectivity index (χ4v) is 4.12. The van der Waals surface area contributed by atoms with Gasteiger partial charge in [-0.2, -0.15) is 0 Å². The molecule has 41 heavy (non-hydrogen) atoms. The Bertz CT molecular complexity index is 1290. The highest BCUT2D eigenvalue weighted by molar-refractivity contribution is 6.00. The molecule has 220 valence electrons. The topological polar surface area (TPSA) is 161 Å². The van der Waals surface area contributed by atoms with Crippen LogP contribution in [0.4, 0.5) is 4.39 Å². The van der Waals surface area contributed by atoms with Crippen molar-refractivity contribution >= 4 is 29.7 Å². The van der Waals surface area contributed by atoms with E-state index in [2.05, 4.69) is 0 Å². The van der Waals surface area contributed by atoms with E-state index < -0.39 is 78.5 Å². The highest BCUT2D eigenvalue weighted by atomic mass is 19.1. The molecule has 2 aromatic carbocycles. The lowest BCUT2D eigenvalue weighted by molar-refractivity contribution is -0.288. The Kier molecular flexibility index (Phi) is 10.4. The molecule has 0 spiro atoms. The van der Waals surface area contributed by atoms with Gasteiger partial charge in [0.2, 0.25) is 12.4 Å². The largest absolute Gasteiger partial charge is 0.507 e. The summed E-state index contributed by atoms with van der Waals surface area (Å²) in [6.45, 7) is 3.96. The van der Waals surface area contributed by atoms with Gasteiger partial charge in [-0.25, -0.2) is 4.39 Å². The van der Waals surface area contributed by atoms with E-state index >= 15 is 0 Å². The molecule has 1 saturated heterocycles. The molecule has 0 unspecified atom stereocenters. The van der Waals surface area contributed by atoms with Gasteiger partial charge in [-0.05, 0) is 29.8 Å². The van der Waals surface area contributed by atoms with Gasteiger partial charge in [0, 0.05) is 40.2 Å². The lowest BCUT2D eigenvalue weighted by atomic mass is 9.98. The summed E-state index contributed by atoms with van der Waals surface area (Å²) in [4.78, 5) is 60.0. The van der Waals surface area contributed by atoms with Gasteiger partial charge in [0.1, 0.15) is 30.0 Å². The van der Waals surface area contributed by atoms with Crippen LogP contribution in [0.5, 0.6) is 11.5 Å². The van der Waals surface area contributed by atoms with Gasteiger partial charge < -0.3 is 33.5 Å². The predicted molar refractivity (Wildman–Crippen MR) is 135 cm³/mol. The Morgan fingerprint density at radius 3 is 1.95 bits per heavy atom. The summed E-state index contributed by atoms with van der Waals surface area (Å²) in [6.07, 6.45) is -7.13. The quantitative estimate of drug-likeness (QED) is 0.250. The first-order chi connectivity index (χ1) is 19.3. The maximum atomic E-state index is 13.2. The van der Waals surface area contributed by atoms with Crippen molar-refractivity contribution in [1.82, 2.24) is 0 Å². The number of ketones is 1. The zero-order chi connectivity index (χ0) is 30.3. The van der Waals surface area contributed by atoms with E-state index in [4.69, 9.17) is 28.4 Å². The third-order valence-corrected chi connectivity index (χ3v) is 5.75. The summed E-state index contributed by atoms with van der Waals surface area (Å²) in [5.74, 6) is -4.46. The molecular formula is C28H29FO12. The minimum Gasteiger partial charge on any atom is -0.507 e. The van der Waals surface area contributed by atoms with Crippen LogP contribution in [0, 0.1) is 5.82 Å². The zero-order valence-electron chi connectivity index (χ0n) is 22.7. The summed E-state index contributed by atoms with van der Waals surface area (Å²) < 4.78 is 45.9. The number of Topliss-reactive ketones (excluding diaryl/α,β-unsaturated/α-hetero) is 1. The van der Waals surface area contributed by atoms with Crippen molar-refractivity contribution in [3.05, 3.63) is 59.4 Å². The van der Waals surface area contributed by atoms with Crippen LogP contribution >= 0.6 is 0 Å². The van der Waals surface area contributed by atoms with Crippen LogP contribution in [0.25, 0.3) is 0 Å². The third kappa shape index (κ3) is 8.73. The van der Waals surface area contributed by atoms with Crippen molar-refractivity contribution in [2.24, 2.45) is 0 Å². The van der Waals surface area contributed by atoms with Gasteiger partial charge >= 0.3 is 23.9 Å². The summed E-state index contributed by atoms with van der Waals surface area (Å²) in [6, 6.07) is 9.08. The molecule has 5 atom stereocenters. The third-order valence-electron chi connectivity index (χ3n) is 5.75. The number of hydrogen-bond acceptors (Lipinski definition) is 12. The normalized spacial score (nSPS) is 21.7. The summed E-state index contributed by atoms with van der Waals surface area (Å²) >= 11 is 0. The van der Waals surface area contributed by atoms with E-state index in [1.165, 1.54) is 36.4 Å². The first-order valence-electron chi connectivity index (χ1n) is 12.4. The molecule has 1 fully saturated rings. The van der Waals surface area contributed by atoms with Crippen molar-refractivity contribution in [3.63, 3.8) is 0 Å². The second-order valence-corrected chi connectivity index (χ2v) is 9.09. The number of rotatable bonds is 10. The Balaban J connectivity index is 1.90. The van der Waals surface area contributed by atoms with Crippen molar-refractivity contribution < 1.29 is 61.9 Å². The number of carbonyl (C=O) groups excluding carboxylic acids is 5. The number of phenols is 1. The number of phenolic OH excluding ortho intramolecular Hbond substituents is 1. The van der Waals surface area contributed by atoms with Crippen LogP contribution in [0.15, 0.2) is 42.5 Å². The van der Waals surface area contributed by atoms with Crippen molar-refractivity contribution in [3.8, 4) is 11.5 Å². The van der Waals surface area contributed by atoms with E-state index in [1.54, 1.807) is 0 Å². The van der Waals surface area contributed by atoms with Gasteiger partial charge in [0.25, 0.3) is 0 Å². The molecule has 12 nitrogen and oxygen atoms in total. The maximum absolute atomic E-state index is 13.2. The van der Waals surface area contributed by atoms with E-state index in [-0.39, 0.29) is 17.7 Å². The Morgan fingerprint density at radius 2 is 1.39 bits per heavy atom. The average Bonchev–Trinajstić information content (AvgIpc) is 2.87. The van der Waals surface area contributed by atoms with Gasteiger partial charge in [0.05, 0.1) is 5.56 Å². The number of ether oxygens (including phenoxy) is 6. The Morgan fingerprint density at radius 1 is 0.805 bits per heavy atom. The van der Waals surface area contributed by atoms with Crippen molar-refractivity contribution in [2.45, 2.75) is 64.8 Å². The number of halogens is 1. The summed E-state index contributed by atoms with van der Waals surface area (Å²) in [5.41, 5.74) is 0.497. The van der Waals surface area contributed by atoms with Crippen LogP contribution in [0.1, 0.15) is 43.6 Å².